The molecule has 4 N–H and O–H groups in total. The number of amidine groups is 1. The molecule has 7 nitrogen and oxygen atoms in total. The lowest BCUT2D eigenvalue weighted by Gasteiger charge is -2.38. The molecule has 0 saturated carbocycles. The van der Waals surface area contributed by atoms with Crippen LogP contribution in [0.4, 0.5) is 0 Å². The molecule has 2 aliphatic heterocycles. The Morgan fingerprint density at radius 3 is 2.67 bits per heavy atom. The monoisotopic (exact) mass is 363 g/mol. The highest BCUT2D eigenvalue weighted by molar-refractivity contribution is 8.14. The molecule has 0 bridgehead atoms. The summed E-state index contributed by atoms with van der Waals surface area (Å²) in [4.78, 5) is 4.30. The van der Waals surface area contributed by atoms with Gasteiger partial charge in [-0.2, -0.15) is 0 Å². The van der Waals surface area contributed by atoms with E-state index in [0.717, 1.165) is 5.17 Å². The number of rotatable bonds is 5. The van der Waals surface area contributed by atoms with Gasteiger partial charge in [0.1, 0.15) is 29.8 Å². The molecule has 0 spiro atoms. The number of halogens is 2. The van der Waals surface area contributed by atoms with Crippen LogP contribution in [0.1, 0.15) is 0 Å². The van der Waals surface area contributed by atoms with Crippen molar-refractivity contribution in [3.8, 4) is 0 Å². The molecule has 2 heterocycles. The second kappa shape index (κ2) is 10.1. The minimum Gasteiger partial charge on any atom is -0.388 e. The van der Waals surface area contributed by atoms with Crippen molar-refractivity contribution >= 4 is 41.7 Å². The molecule has 2 rings (SSSR count). The van der Waals surface area contributed by atoms with E-state index in [2.05, 4.69) is 15.6 Å². The first kappa shape index (κ1) is 21.2. The summed E-state index contributed by atoms with van der Waals surface area (Å²) in [6.07, 6.45) is -2.27. The molecule has 126 valence electrons. The number of nitrogens with zero attached hydrogens (tertiary/aromatic N) is 1. The lowest BCUT2D eigenvalue weighted by Crippen LogP contribution is -2.57. The first-order chi connectivity index (χ1) is 9.17. The van der Waals surface area contributed by atoms with Crippen LogP contribution in [0.15, 0.2) is 4.99 Å². The Balaban J connectivity index is 0.00000200. The van der Waals surface area contributed by atoms with Crippen molar-refractivity contribution in [3.63, 3.8) is 0 Å². The molecule has 21 heavy (non-hydrogen) atoms. The summed E-state index contributed by atoms with van der Waals surface area (Å²) in [6, 6.07) is -0.405. The van der Waals surface area contributed by atoms with Crippen LogP contribution in [0.25, 0.3) is 0 Å². The number of methoxy groups -OCH3 is 1. The number of nitrogens with one attached hydrogen (secondary N) is 2. The highest BCUT2D eigenvalue weighted by Crippen LogP contribution is 2.35. The number of fused-ring (bicyclic) bond motifs is 1. The fourth-order valence-electron chi connectivity index (χ4n) is 2.14. The Labute approximate surface area is 141 Å². The second-order valence-corrected chi connectivity index (χ2v) is 5.60. The first-order valence-corrected chi connectivity index (χ1v) is 7.18. The molecule has 0 radical (unpaired) electrons. The number of aliphatic hydroxyl groups excluding tert-OH is 2. The van der Waals surface area contributed by atoms with Crippen molar-refractivity contribution in [1.82, 2.24) is 10.6 Å². The van der Waals surface area contributed by atoms with E-state index in [9.17, 15) is 10.2 Å². The standard InChI is InChI=1S/C11H21N3O4S.2ClH/c1-12-11-14-7-9(16)8(15)6(18-10(7)19-11)5-13-3-4-17-2;;/h6-10,13,15-16H,3-5H2,1-2H3,(H,12,14);2*1H/t6-,7-,8-,9-,10-;;/m1../s1. The van der Waals surface area contributed by atoms with Gasteiger partial charge < -0.3 is 30.3 Å². The SMILES string of the molecule is CNC1=N[C@@H]2[C@@H](O)[C@H](O)[C@@H](CNCCOC)O[C@@H]2S1.Cl.Cl. The van der Waals surface area contributed by atoms with Crippen LogP contribution in [-0.4, -0.2) is 79.0 Å². The van der Waals surface area contributed by atoms with E-state index in [1.807, 2.05) is 0 Å². The fourth-order valence-corrected chi connectivity index (χ4v) is 3.22. The van der Waals surface area contributed by atoms with Gasteiger partial charge in [0.05, 0.1) is 6.61 Å². The number of hydrogen-bond acceptors (Lipinski definition) is 8. The zero-order chi connectivity index (χ0) is 13.8. The molecule has 0 aromatic carbocycles. The van der Waals surface area contributed by atoms with Crippen LogP contribution in [0.3, 0.4) is 0 Å². The van der Waals surface area contributed by atoms with Gasteiger partial charge in [-0.3, -0.25) is 4.99 Å². The lowest BCUT2D eigenvalue weighted by atomic mass is 9.98. The third kappa shape index (κ3) is 5.11. The average Bonchev–Trinajstić information content (AvgIpc) is 2.83. The van der Waals surface area contributed by atoms with E-state index in [-0.39, 0.29) is 30.3 Å². The molecule has 0 aromatic heterocycles. The maximum absolute atomic E-state index is 10.1. The van der Waals surface area contributed by atoms with Crippen molar-refractivity contribution in [3.05, 3.63) is 0 Å². The molecular formula is C11H23Cl2N3O4S. The maximum Gasteiger partial charge on any atom is 0.159 e. The van der Waals surface area contributed by atoms with Crippen LogP contribution in [0, 0.1) is 0 Å². The molecule has 1 fully saturated rings. The summed E-state index contributed by atoms with van der Waals surface area (Å²) in [6.45, 7) is 1.75. The smallest absolute Gasteiger partial charge is 0.159 e. The Hall–Kier alpha value is 0.200. The summed E-state index contributed by atoms with van der Waals surface area (Å²) in [5.74, 6) is 0. The number of thioether (sulfide) groups is 1. The molecule has 0 unspecified atom stereocenters. The van der Waals surface area contributed by atoms with Crippen molar-refractivity contribution in [2.45, 2.75) is 29.8 Å². The molecule has 1 saturated heterocycles. The third-order valence-electron chi connectivity index (χ3n) is 3.20. The Morgan fingerprint density at radius 2 is 2.05 bits per heavy atom. The summed E-state index contributed by atoms with van der Waals surface area (Å²) in [5, 5.41) is 27.0. The quantitative estimate of drug-likeness (QED) is 0.475. The van der Waals surface area contributed by atoms with E-state index < -0.39 is 24.4 Å². The average molecular weight is 364 g/mol. The number of hydrogen-bond donors (Lipinski definition) is 4. The number of aliphatic hydroxyl groups is 2. The molecule has 0 aliphatic carbocycles. The van der Waals surface area contributed by atoms with Crippen molar-refractivity contribution < 1.29 is 19.7 Å². The topological polar surface area (TPSA) is 95.3 Å². The minimum atomic E-state index is -0.933. The molecule has 10 heteroatoms. The van der Waals surface area contributed by atoms with Gasteiger partial charge in [0.25, 0.3) is 0 Å². The van der Waals surface area contributed by atoms with Crippen molar-refractivity contribution in [2.75, 3.05) is 33.9 Å². The van der Waals surface area contributed by atoms with E-state index in [0.29, 0.717) is 19.7 Å². The largest absolute Gasteiger partial charge is 0.388 e. The van der Waals surface area contributed by atoms with Gasteiger partial charge in [-0.25, -0.2) is 0 Å². The number of ether oxygens (including phenoxy) is 2. The highest BCUT2D eigenvalue weighted by Gasteiger charge is 2.47. The normalized spacial score (nSPS) is 34.3. The summed E-state index contributed by atoms with van der Waals surface area (Å²) < 4.78 is 10.7. The summed E-state index contributed by atoms with van der Waals surface area (Å²) in [7, 11) is 3.41. The van der Waals surface area contributed by atoms with Crippen LogP contribution in [-0.2, 0) is 9.47 Å². The predicted octanol–water partition coefficient (Wildman–Crippen LogP) is -0.796. The van der Waals surface area contributed by atoms with Gasteiger partial charge in [0.2, 0.25) is 0 Å². The van der Waals surface area contributed by atoms with Gasteiger partial charge in [0, 0.05) is 27.2 Å². The molecule has 5 atom stereocenters. The van der Waals surface area contributed by atoms with E-state index in [4.69, 9.17) is 9.47 Å². The highest BCUT2D eigenvalue weighted by atomic mass is 35.5. The van der Waals surface area contributed by atoms with Crippen molar-refractivity contribution in [1.29, 1.82) is 0 Å². The predicted molar refractivity (Wildman–Crippen MR) is 87.8 cm³/mol. The van der Waals surface area contributed by atoms with Gasteiger partial charge in [0.15, 0.2) is 5.17 Å². The molecule has 2 aliphatic rings. The molecule has 0 amide bonds. The Kier molecular flexibility index (Phi) is 10.2. The van der Waals surface area contributed by atoms with Gasteiger partial charge in [-0.15, -0.1) is 24.8 Å². The summed E-state index contributed by atoms with van der Waals surface area (Å²) >= 11 is 1.44. The van der Waals surface area contributed by atoms with Gasteiger partial charge >= 0.3 is 0 Å². The lowest BCUT2D eigenvalue weighted by molar-refractivity contribution is -0.150. The first-order valence-electron chi connectivity index (χ1n) is 6.31. The molecule has 0 aromatic rings. The Bertz CT molecular complexity index is 341. The van der Waals surface area contributed by atoms with Crippen LogP contribution >= 0.6 is 36.6 Å². The van der Waals surface area contributed by atoms with Gasteiger partial charge in [-0.05, 0) is 0 Å². The van der Waals surface area contributed by atoms with Crippen LogP contribution in [0.5, 0.6) is 0 Å². The van der Waals surface area contributed by atoms with E-state index in [1.165, 1.54) is 11.8 Å². The van der Waals surface area contributed by atoms with Gasteiger partial charge in [-0.1, -0.05) is 11.8 Å². The zero-order valence-electron chi connectivity index (χ0n) is 11.9. The van der Waals surface area contributed by atoms with E-state index in [1.54, 1.807) is 14.2 Å². The zero-order valence-corrected chi connectivity index (χ0v) is 14.3. The van der Waals surface area contributed by atoms with Crippen molar-refractivity contribution in [2.24, 2.45) is 4.99 Å². The van der Waals surface area contributed by atoms with Crippen LogP contribution < -0.4 is 10.6 Å². The fraction of sp³-hybridized carbons (Fsp3) is 0.909. The maximum atomic E-state index is 10.1. The second-order valence-electron chi connectivity index (χ2n) is 4.51. The third-order valence-corrected chi connectivity index (χ3v) is 4.36. The Morgan fingerprint density at radius 1 is 1.33 bits per heavy atom. The van der Waals surface area contributed by atoms with Crippen LogP contribution in [0.2, 0.25) is 0 Å². The minimum absolute atomic E-state index is 0. The molecular weight excluding hydrogens is 341 g/mol. The summed E-state index contributed by atoms with van der Waals surface area (Å²) in [5.41, 5.74) is -0.241. The van der Waals surface area contributed by atoms with E-state index >= 15 is 0 Å². The number of aliphatic imine (C=N–C) groups is 1.